The molecule has 0 saturated carbocycles. The molecule has 0 aromatic rings. The van der Waals surface area contributed by atoms with Gasteiger partial charge in [-0.2, -0.15) is 26.3 Å². The third-order valence-electron chi connectivity index (χ3n) is 7.71. The second kappa shape index (κ2) is 15.8. The number of allylic oxidation sites excluding steroid dienone is 2. The molecule has 0 aliphatic heterocycles. The van der Waals surface area contributed by atoms with E-state index in [1.165, 1.54) is 0 Å². The van der Waals surface area contributed by atoms with Gasteiger partial charge in [0.25, 0.3) is 11.6 Å². The molecule has 13 heteroatoms. The van der Waals surface area contributed by atoms with Crippen LogP contribution in [-0.2, 0) is 26.7 Å². The van der Waals surface area contributed by atoms with E-state index in [1.54, 1.807) is 0 Å². The van der Waals surface area contributed by atoms with Crippen molar-refractivity contribution in [3.63, 3.8) is 0 Å². The van der Waals surface area contributed by atoms with E-state index in [9.17, 15) is 46.1 Å². The van der Waals surface area contributed by atoms with Gasteiger partial charge in [0.2, 0.25) is 0 Å². The fourth-order valence-electron chi connectivity index (χ4n) is 6.44. The largest absolute Gasteiger partial charge is 0.517 e. The van der Waals surface area contributed by atoms with Gasteiger partial charge in [0.15, 0.2) is 0 Å². The molecule has 0 aromatic carbocycles. The van der Waals surface area contributed by atoms with Gasteiger partial charge in [-0.15, -0.1) is 0 Å². The van der Waals surface area contributed by atoms with Gasteiger partial charge in [-0.1, -0.05) is 83.1 Å². The number of aliphatic hydroxyl groups is 2. The molecule has 0 atom stereocenters. The van der Waals surface area contributed by atoms with Crippen molar-refractivity contribution in [2.75, 3.05) is 0 Å². The molecule has 0 spiro atoms. The molecule has 2 N–H and O–H groups in total. The van der Waals surface area contributed by atoms with E-state index in [2.05, 4.69) is 0 Å². The third kappa shape index (κ3) is 10.1. The molecule has 1 radical (unpaired) electrons. The van der Waals surface area contributed by atoms with Crippen LogP contribution in [0, 0.1) is 0 Å². The van der Waals surface area contributed by atoms with Crippen LogP contribution in [0.5, 0.6) is 0 Å². The number of carbonyl (C=O) groups excluding carboxylic acids is 2. The van der Waals surface area contributed by atoms with Crippen molar-refractivity contribution in [1.29, 1.82) is 0 Å². The predicted octanol–water partition coefficient (Wildman–Crippen LogP) is 9.55. The number of carbonyl (C=O) groups is 2. The summed E-state index contributed by atoms with van der Waals surface area (Å²) in [7, 11) is -5.15. The normalized spacial score (nSPS) is 14.3. The molecule has 0 bridgehead atoms. The molecule has 0 rings (SSSR count). The van der Waals surface area contributed by atoms with Crippen LogP contribution in [0.3, 0.4) is 0 Å². The zero-order valence-electron chi connectivity index (χ0n) is 24.9. The van der Waals surface area contributed by atoms with Gasteiger partial charge in [0, 0.05) is 29.2 Å². The maximum Gasteiger partial charge on any atom is 0.454 e. The Bertz CT molecular complexity index is 748. The summed E-state index contributed by atoms with van der Waals surface area (Å²) in [5.41, 5.74) is 0.277. The Morgan fingerprint density at radius 1 is 0.513 bits per heavy atom. The molecule has 0 fully saturated rings. The Balaban J connectivity index is -0.000000648. The van der Waals surface area contributed by atoms with Gasteiger partial charge >= 0.3 is 12.4 Å². The second-order valence-electron chi connectivity index (χ2n) is 11.6. The molecule has 0 aliphatic rings. The molecule has 0 aliphatic carbocycles. The minimum Gasteiger partial charge on any atom is -0.517 e. The molecule has 4 nitrogen and oxygen atoms in total. The van der Waals surface area contributed by atoms with Gasteiger partial charge in [-0.3, -0.25) is 9.59 Å². The maximum atomic E-state index is 12.3. The van der Waals surface area contributed by atoms with Crippen molar-refractivity contribution in [3.8, 4) is 0 Å². The molecule has 39 heavy (non-hydrogen) atoms. The zero-order chi connectivity index (χ0) is 31.2. The van der Waals surface area contributed by atoms with Crippen molar-refractivity contribution in [2.24, 2.45) is 0 Å². The van der Waals surface area contributed by atoms with Gasteiger partial charge in [-0.05, 0) is 33.2 Å². The van der Waals surface area contributed by atoms with Crippen LogP contribution in [0.4, 0.5) is 26.3 Å². The van der Waals surface area contributed by atoms with Crippen LogP contribution in [0.15, 0.2) is 22.9 Å². The predicted molar refractivity (Wildman–Crippen MR) is 146 cm³/mol. The summed E-state index contributed by atoms with van der Waals surface area (Å²) >= 11 is 0. The fraction of sp³-hybridized carbons (Fsp3) is 0.769. The first-order chi connectivity index (χ1) is 16.8. The van der Waals surface area contributed by atoms with Crippen LogP contribution in [-0.4, -0.2) is 50.3 Å². The Labute approximate surface area is 242 Å². The van der Waals surface area contributed by atoms with Gasteiger partial charge in [0.1, 0.15) is 16.1 Å². The zero-order valence-corrected chi connectivity index (χ0v) is 27.8. The van der Waals surface area contributed by atoms with Gasteiger partial charge in [0.05, 0.1) is 10.8 Å². The molecule has 0 saturated heterocycles. The molecule has 235 valence electrons. The third-order valence-corrected chi connectivity index (χ3v) is 21.2. The summed E-state index contributed by atoms with van der Waals surface area (Å²) < 4.78 is 73.9. The van der Waals surface area contributed by atoms with E-state index in [0.29, 0.717) is 12.2 Å². The number of hydrogen-bond acceptors (Lipinski definition) is 4. The van der Waals surface area contributed by atoms with E-state index >= 15 is 0 Å². The Morgan fingerprint density at radius 3 is 0.769 bits per heavy atom. The van der Waals surface area contributed by atoms with E-state index < -0.39 is 40.1 Å². The summed E-state index contributed by atoms with van der Waals surface area (Å²) in [6.45, 7) is 22.8. The Morgan fingerprint density at radius 2 is 0.667 bits per heavy atom. The number of ketones is 2. The van der Waals surface area contributed by atoms with Crippen LogP contribution in [0.25, 0.3) is 0 Å². The van der Waals surface area contributed by atoms with Crippen LogP contribution in [0.1, 0.15) is 83.1 Å². The summed E-state index contributed by atoms with van der Waals surface area (Å²) in [5, 5.41) is 19.7. The standard InChI is InChI=1S/2C13H23F3O2Si.Cu/c2*1-8(2)19(9(3)4,10(5)6)12(18)7-11(17)13(14,15)16;/h2*7-10,18H,1-6H3;/b2*12-7+;. The van der Waals surface area contributed by atoms with Gasteiger partial charge < -0.3 is 10.2 Å². The van der Waals surface area contributed by atoms with Crippen LogP contribution in [0.2, 0.25) is 33.2 Å². The summed E-state index contributed by atoms with van der Waals surface area (Å²) in [5.74, 6) is -3.97. The van der Waals surface area contributed by atoms with Crippen LogP contribution < -0.4 is 0 Å². The summed E-state index contributed by atoms with van der Waals surface area (Å²) in [6, 6.07) is 0. The Hall–Kier alpha value is -1.05. The smallest absolute Gasteiger partial charge is 0.454 e. The number of rotatable bonds is 10. The maximum absolute atomic E-state index is 12.3. The number of hydrogen-bond donors (Lipinski definition) is 2. The quantitative estimate of drug-likeness (QED) is 0.106. The molecule has 0 unspecified atom stereocenters. The topological polar surface area (TPSA) is 74.6 Å². The fourth-order valence-corrected chi connectivity index (χ4v) is 18.7. The molecular formula is C26H46CuF6O4Si2. The van der Waals surface area contributed by atoms with Crippen molar-refractivity contribution in [1.82, 2.24) is 0 Å². The first-order valence-corrected chi connectivity index (χ1v) is 17.3. The SMILES string of the molecule is CC(C)[Si](/C(O)=C/C(=O)C(F)(F)F)(C(C)C)C(C)C.CC(C)[Si](/C(O)=C/C(=O)C(F)(F)F)(C(C)C)C(C)C.[Cu]. The molecule has 0 aromatic heterocycles. The minimum atomic E-state index is -4.93. The minimum absolute atomic E-state index is 0. The molecule has 0 heterocycles. The number of halogens is 6. The van der Waals surface area contributed by atoms with E-state index in [-0.39, 0.29) is 61.1 Å². The average Bonchev–Trinajstić information content (AvgIpc) is 2.65. The summed E-state index contributed by atoms with van der Waals surface area (Å²) in [6.07, 6.45) is -9.07. The van der Waals surface area contributed by atoms with E-state index in [0.717, 1.165) is 0 Å². The first kappa shape index (κ1) is 42.4. The van der Waals surface area contributed by atoms with Gasteiger partial charge in [-0.25, -0.2) is 0 Å². The monoisotopic (exact) mass is 655 g/mol. The average molecular weight is 656 g/mol. The molecular weight excluding hydrogens is 610 g/mol. The second-order valence-corrected chi connectivity index (χ2v) is 23.3. The first-order valence-electron chi connectivity index (χ1n) is 12.8. The van der Waals surface area contributed by atoms with Crippen molar-refractivity contribution >= 4 is 27.7 Å². The number of aliphatic hydroxyl groups excluding tert-OH is 2. The van der Waals surface area contributed by atoms with Crippen molar-refractivity contribution in [2.45, 2.75) is 129 Å². The molecule has 0 amide bonds. The van der Waals surface area contributed by atoms with Crippen molar-refractivity contribution < 1.29 is 63.2 Å². The number of alkyl halides is 6. The summed E-state index contributed by atoms with van der Waals surface area (Å²) in [4.78, 5) is 22.1. The Kier molecular flexibility index (Phi) is 17.2. The van der Waals surface area contributed by atoms with Crippen LogP contribution >= 0.6 is 0 Å². The van der Waals surface area contributed by atoms with E-state index in [1.807, 2.05) is 83.1 Å². The van der Waals surface area contributed by atoms with Crippen molar-refractivity contribution in [3.05, 3.63) is 22.9 Å². The van der Waals surface area contributed by atoms with E-state index in [4.69, 9.17) is 0 Å².